The van der Waals surface area contributed by atoms with Gasteiger partial charge in [0.05, 0.1) is 14.2 Å². The third-order valence-corrected chi connectivity index (χ3v) is 6.14. The predicted octanol–water partition coefficient (Wildman–Crippen LogP) is 3.64. The summed E-state index contributed by atoms with van der Waals surface area (Å²) in [7, 11) is -1.19. The molecule has 0 aromatic carbocycles. The average molecular weight is 256 g/mol. The zero-order valence-electron chi connectivity index (χ0n) is 12.4. The quantitative estimate of drug-likeness (QED) is 0.602. The summed E-state index contributed by atoms with van der Waals surface area (Å²) in [6.07, 6.45) is 3.43. The highest BCUT2D eigenvalue weighted by molar-refractivity contribution is 6.77. The van der Waals surface area contributed by atoms with Crippen LogP contribution < -0.4 is 0 Å². The maximum atomic E-state index is 11.7. The molecule has 1 N–H and O–H groups in total. The highest BCUT2D eigenvalue weighted by atomic mass is 28.3. The van der Waals surface area contributed by atoms with Gasteiger partial charge >= 0.3 is 0 Å². The molecule has 100 valence electrons. The van der Waals surface area contributed by atoms with Crippen LogP contribution >= 0.6 is 0 Å². The Kier molecular flexibility index (Phi) is 5.82. The van der Waals surface area contributed by atoms with Crippen LogP contribution in [0.2, 0.25) is 25.2 Å². The van der Waals surface area contributed by atoms with Crippen molar-refractivity contribution >= 4 is 13.9 Å². The molecular weight excluding hydrogens is 228 g/mol. The molecule has 0 amide bonds. The van der Waals surface area contributed by atoms with Gasteiger partial charge in [0, 0.05) is 11.8 Å². The van der Waals surface area contributed by atoms with Crippen LogP contribution in [0.4, 0.5) is 0 Å². The highest BCUT2D eigenvalue weighted by Crippen LogP contribution is 2.23. The molecule has 2 nitrogen and oxygen atoms in total. The van der Waals surface area contributed by atoms with Gasteiger partial charge in [-0.05, 0) is 5.54 Å². The van der Waals surface area contributed by atoms with E-state index in [2.05, 4.69) is 32.6 Å². The SMILES string of the molecule is C[C@H](/C=C\[C@@H](O)CC(=O)C(C)(C)C)[Si](C)(C)C. The second-order valence-corrected chi connectivity index (χ2v) is 12.6. The summed E-state index contributed by atoms with van der Waals surface area (Å²) in [6, 6.07) is 0. The lowest BCUT2D eigenvalue weighted by atomic mass is 9.87. The van der Waals surface area contributed by atoms with E-state index in [0.29, 0.717) is 5.54 Å². The van der Waals surface area contributed by atoms with E-state index >= 15 is 0 Å². The molecule has 0 saturated heterocycles. The number of allylic oxidation sites excluding steroid dienone is 1. The Balaban J connectivity index is 4.33. The van der Waals surface area contributed by atoms with E-state index < -0.39 is 14.2 Å². The zero-order chi connectivity index (χ0) is 13.9. The van der Waals surface area contributed by atoms with Crippen LogP contribution in [0.1, 0.15) is 34.1 Å². The fourth-order valence-electron chi connectivity index (χ4n) is 1.15. The van der Waals surface area contributed by atoms with Gasteiger partial charge in [-0.1, -0.05) is 59.5 Å². The first-order chi connectivity index (χ1) is 7.44. The van der Waals surface area contributed by atoms with Crippen LogP contribution in [0, 0.1) is 5.41 Å². The van der Waals surface area contributed by atoms with Crippen molar-refractivity contribution in [3.63, 3.8) is 0 Å². The Bertz CT molecular complexity index is 282. The number of Topliss-reactive ketones (excluding diaryl/α,β-unsaturated/α-hetero) is 1. The van der Waals surface area contributed by atoms with Crippen molar-refractivity contribution in [1.82, 2.24) is 0 Å². The van der Waals surface area contributed by atoms with Gasteiger partial charge in [0.2, 0.25) is 0 Å². The van der Waals surface area contributed by atoms with Gasteiger partial charge in [-0.3, -0.25) is 4.79 Å². The fourth-order valence-corrected chi connectivity index (χ4v) is 1.84. The molecule has 0 fully saturated rings. The molecule has 0 aliphatic heterocycles. The van der Waals surface area contributed by atoms with E-state index in [4.69, 9.17) is 0 Å². The summed E-state index contributed by atoms with van der Waals surface area (Å²) in [6.45, 7) is 14.7. The summed E-state index contributed by atoms with van der Waals surface area (Å²) >= 11 is 0. The van der Waals surface area contributed by atoms with Gasteiger partial charge in [-0.2, -0.15) is 0 Å². The third kappa shape index (κ3) is 6.79. The lowest BCUT2D eigenvalue weighted by molar-refractivity contribution is -0.127. The number of aliphatic hydroxyl groups is 1. The van der Waals surface area contributed by atoms with Crippen molar-refractivity contribution in [1.29, 1.82) is 0 Å². The van der Waals surface area contributed by atoms with Crippen LogP contribution in [0.5, 0.6) is 0 Å². The molecule has 2 atom stereocenters. The van der Waals surface area contributed by atoms with E-state index in [1.54, 1.807) is 6.08 Å². The molecule has 0 spiro atoms. The molecule has 17 heavy (non-hydrogen) atoms. The van der Waals surface area contributed by atoms with Gasteiger partial charge < -0.3 is 5.11 Å². The van der Waals surface area contributed by atoms with E-state index in [9.17, 15) is 9.90 Å². The largest absolute Gasteiger partial charge is 0.389 e. The van der Waals surface area contributed by atoms with E-state index in [0.717, 1.165) is 0 Å². The first kappa shape index (κ1) is 16.6. The smallest absolute Gasteiger partial charge is 0.141 e. The minimum Gasteiger partial charge on any atom is -0.389 e. The molecular formula is C14H28O2Si. The predicted molar refractivity (Wildman–Crippen MR) is 77.0 cm³/mol. The third-order valence-electron chi connectivity index (χ3n) is 3.22. The highest BCUT2D eigenvalue weighted by Gasteiger charge is 2.23. The summed E-state index contributed by atoms with van der Waals surface area (Å²) in [4.78, 5) is 11.7. The normalized spacial score (nSPS) is 17.2. The number of aliphatic hydroxyl groups excluding tert-OH is 1. The zero-order valence-corrected chi connectivity index (χ0v) is 13.4. The van der Waals surface area contributed by atoms with Gasteiger partial charge in [-0.15, -0.1) is 0 Å². The van der Waals surface area contributed by atoms with Crippen LogP contribution in [0.3, 0.4) is 0 Å². The molecule has 0 bridgehead atoms. The van der Waals surface area contributed by atoms with Crippen molar-refractivity contribution in [2.75, 3.05) is 0 Å². The van der Waals surface area contributed by atoms with E-state index in [1.807, 2.05) is 20.8 Å². The second-order valence-electron chi connectivity index (χ2n) is 6.98. The van der Waals surface area contributed by atoms with Gasteiger partial charge in [0.1, 0.15) is 5.78 Å². The van der Waals surface area contributed by atoms with Crippen molar-refractivity contribution in [3.8, 4) is 0 Å². The number of carbonyl (C=O) groups excluding carboxylic acids is 1. The Morgan fingerprint density at radius 1 is 1.24 bits per heavy atom. The Morgan fingerprint density at radius 2 is 1.71 bits per heavy atom. The Morgan fingerprint density at radius 3 is 2.06 bits per heavy atom. The molecule has 0 rings (SSSR count). The van der Waals surface area contributed by atoms with Crippen molar-refractivity contribution in [3.05, 3.63) is 12.2 Å². The molecule has 0 aromatic heterocycles. The lowest BCUT2D eigenvalue weighted by Crippen LogP contribution is -2.26. The van der Waals surface area contributed by atoms with Crippen LogP contribution in [-0.2, 0) is 4.79 Å². The van der Waals surface area contributed by atoms with Crippen molar-refractivity contribution < 1.29 is 9.90 Å². The van der Waals surface area contributed by atoms with Gasteiger partial charge in [0.25, 0.3) is 0 Å². The van der Waals surface area contributed by atoms with E-state index in [1.165, 1.54) is 0 Å². The van der Waals surface area contributed by atoms with Gasteiger partial charge in [0.15, 0.2) is 0 Å². The minimum atomic E-state index is -1.19. The summed E-state index contributed by atoms with van der Waals surface area (Å²) in [5, 5.41) is 9.81. The number of carbonyl (C=O) groups is 1. The summed E-state index contributed by atoms with van der Waals surface area (Å²) in [5.74, 6) is 0.107. The number of hydrogen-bond donors (Lipinski definition) is 1. The number of hydrogen-bond acceptors (Lipinski definition) is 2. The Labute approximate surface area is 107 Å². The van der Waals surface area contributed by atoms with Crippen LogP contribution in [-0.4, -0.2) is 25.1 Å². The first-order valence-corrected chi connectivity index (χ1v) is 9.92. The summed E-state index contributed by atoms with van der Waals surface area (Å²) in [5.41, 5.74) is 0.154. The molecule has 0 aliphatic rings. The van der Waals surface area contributed by atoms with Crippen molar-refractivity contribution in [2.24, 2.45) is 5.41 Å². The standard InChI is InChI=1S/C14H28O2Si/c1-11(17(5,6)7)8-9-12(15)10-13(16)14(2,3)4/h8-9,11-12,15H,10H2,1-7H3/b9-8-/t11-,12-/m1/s1. The maximum absolute atomic E-state index is 11.7. The van der Waals surface area contributed by atoms with E-state index in [-0.39, 0.29) is 17.6 Å². The number of rotatable bonds is 5. The first-order valence-electron chi connectivity index (χ1n) is 6.34. The number of ketones is 1. The van der Waals surface area contributed by atoms with Crippen molar-refractivity contribution in [2.45, 2.75) is 65.4 Å². The molecule has 0 aromatic rings. The molecule has 0 saturated carbocycles. The van der Waals surface area contributed by atoms with Gasteiger partial charge in [-0.25, -0.2) is 0 Å². The average Bonchev–Trinajstić information content (AvgIpc) is 2.10. The molecule has 0 aliphatic carbocycles. The molecule has 0 unspecified atom stereocenters. The topological polar surface area (TPSA) is 37.3 Å². The molecule has 0 radical (unpaired) electrons. The maximum Gasteiger partial charge on any atom is 0.141 e. The monoisotopic (exact) mass is 256 g/mol. The Hall–Kier alpha value is -0.413. The van der Waals surface area contributed by atoms with Crippen LogP contribution in [0.25, 0.3) is 0 Å². The fraction of sp³-hybridized carbons (Fsp3) is 0.786. The lowest BCUT2D eigenvalue weighted by Gasteiger charge is -2.22. The minimum absolute atomic E-state index is 0.107. The molecule has 0 heterocycles. The summed E-state index contributed by atoms with van der Waals surface area (Å²) < 4.78 is 0. The molecule has 3 heteroatoms. The van der Waals surface area contributed by atoms with Crippen LogP contribution in [0.15, 0.2) is 12.2 Å². The second kappa shape index (κ2) is 5.96.